The topological polar surface area (TPSA) is 89.8 Å². The largest absolute Gasteiger partial charge is 0.496 e. The molecule has 0 spiro atoms. The van der Waals surface area contributed by atoms with Crippen molar-refractivity contribution in [3.8, 4) is 5.75 Å². The minimum absolute atomic E-state index is 0.119. The van der Waals surface area contributed by atoms with Gasteiger partial charge in [-0.15, -0.1) is 0 Å². The van der Waals surface area contributed by atoms with E-state index in [9.17, 15) is 9.59 Å². The number of benzene rings is 2. The van der Waals surface area contributed by atoms with Crippen molar-refractivity contribution in [1.82, 2.24) is 10.8 Å². The lowest BCUT2D eigenvalue weighted by atomic mass is 10.2. The van der Waals surface area contributed by atoms with Crippen LogP contribution < -0.4 is 15.5 Å². The first-order valence-corrected chi connectivity index (χ1v) is 8.01. The van der Waals surface area contributed by atoms with E-state index in [1.54, 1.807) is 55.6 Å². The van der Waals surface area contributed by atoms with Gasteiger partial charge in [0.15, 0.2) is 5.76 Å². The number of hydrogen-bond donors (Lipinski definition) is 2. The monoisotopic (exact) mass is 354 g/mol. The molecule has 0 aliphatic rings. The van der Waals surface area contributed by atoms with E-state index < -0.39 is 0 Å². The SMILES string of the molecule is COc1cccc2oc(C(=O)NCCONC(=O)c3ccccc3)cc12. The van der Waals surface area contributed by atoms with E-state index in [2.05, 4.69) is 10.8 Å². The molecule has 0 atom stereocenters. The molecule has 2 aromatic carbocycles. The Bertz CT molecular complexity index is 905. The van der Waals surface area contributed by atoms with Crippen LogP contribution in [-0.2, 0) is 4.84 Å². The second kappa shape index (κ2) is 8.17. The lowest BCUT2D eigenvalue weighted by molar-refractivity contribution is 0.0322. The lowest BCUT2D eigenvalue weighted by Crippen LogP contribution is -2.31. The fourth-order valence-corrected chi connectivity index (χ4v) is 2.39. The van der Waals surface area contributed by atoms with Crippen LogP contribution in [0, 0.1) is 0 Å². The number of ether oxygens (including phenoxy) is 1. The van der Waals surface area contributed by atoms with Crippen molar-refractivity contribution in [3.05, 3.63) is 65.9 Å². The molecule has 26 heavy (non-hydrogen) atoms. The highest BCUT2D eigenvalue weighted by atomic mass is 16.6. The first-order valence-electron chi connectivity index (χ1n) is 8.01. The number of nitrogens with one attached hydrogen (secondary N) is 2. The molecule has 2 N–H and O–H groups in total. The maximum absolute atomic E-state index is 12.1. The van der Waals surface area contributed by atoms with Gasteiger partial charge < -0.3 is 14.5 Å². The minimum atomic E-state index is -0.374. The maximum Gasteiger partial charge on any atom is 0.287 e. The van der Waals surface area contributed by atoms with Gasteiger partial charge in [0.25, 0.3) is 11.8 Å². The Hall–Kier alpha value is -3.32. The number of hydroxylamine groups is 1. The van der Waals surface area contributed by atoms with Crippen LogP contribution in [0.4, 0.5) is 0 Å². The maximum atomic E-state index is 12.1. The zero-order chi connectivity index (χ0) is 18.4. The smallest absolute Gasteiger partial charge is 0.287 e. The summed E-state index contributed by atoms with van der Waals surface area (Å²) in [6, 6.07) is 15.7. The van der Waals surface area contributed by atoms with Crippen molar-refractivity contribution in [2.24, 2.45) is 0 Å². The van der Waals surface area contributed by atoms with Crippen molar-refractivity contribution in [2.75, 3.05) is 20.3 Å². The Morgan fingerprint density at radius 2 is 1.85 bits per heavy atom. The van der Waals surface area contributed by atoms with Gasteiger partial charge in [-0.3, -0.25) is 14.4 Å². The van der Waals surface area contributed by atoms with E-state index in [-0.39, 0.29) is 30.7 Å². The molecule has 0 aliphatic carbocycles. The fraction of sp³-hybridized carbons (Fsp3) is 0.158. The summed E-state index contributed by atoms with van der Waals surface area (Å²) in [4.78, 5) is 29.0. The molecule has 0 fully saturated rings. The van der Waals surface area contributed by atoms with Crippen molar-refractivity contribution < 1.29 is 23.6 Å². The van der Waals surface area contributed by atoms with Crippen LogP contribution in [0.5, 0.6) is 5.75 Å². The predicted octanol–water partition coefficient (Wildman–Crippen LogP) is 2.53. The molecule has 0 bridgehead atoms. The van der Waals surface area contributed by atoms with Crippen molar-refractivity contribution in [1.29, 1.82) is 0 Å². The molecule has 0 radical (unpaired) electrons. The van der Waals surface area contributed by atoms with E-state index in [1.165, 1.54) is 0 Å². The molecule has 0 unspecified atom stereocenters. The first kappa shape index (κ1) is 17.5. The normalized spacial score (nSPS) is 10.5. The molecule has 134 valence electrons. The molecule has 1 heterocycles. The minimum Gasteiger partial charge on any atom is -0.496 e. The number of amides is 2. The van der Waals surface area contributed by atoms with E-state index in [0.717, 1.165) is 5.39 Å². The molecule has 1 aromatic heterocycles. The van der Waals surface area contributed by atoms with Crippen molar-refractivity contribution >= 4 is 22.8 Å². The predicted molar refractivity (Wildman–Crippen MR) is 95.0 cm³/mol. The molecular formula is C19H18N2O5. The number of furan rings is 1. The van der Waals surface area contributed by atoms with Crippen molar-refractivity contribution in [3.63, 3.8) is 0 Å². The van der Waals surface area contributed by atoms with Crippen LogP contribution in [0.15, 0.2) is 59.0 Å². The molecule has 0 aliphatic heterocycles. The Morgan fingerprint density at radius 1 is 1.04 bits per heavy atom. The van der Waals surface area contributed by atoms with Gasteiger partial charge in [0, 0.05) is 18.2 Å². The quantitative estimate of drug-likeness (QED) is 0.503. The molecule has 3 aromatic rings. The third-order valence-electron chi connectivity index (χ3n) is 3.66. The molecule has 0 saturated heterocycles. The summed E-state index contributed by atoms with van der Waals surface area (Å²) in [5.74, 6) is 0.0950. The summed E-state index contributed by atoms with van der Waals surface area (Å²) in [6.45, 7) is 0.329. The summed E-state index contributed by atoms with van der Waals surface area (Å²) >= 11 is 0. The van der Waals surface area contributed by atoms with E-state index in [4.69, 9.17) is 14.0 Å². The third kappa shape index (κ3) is 4.01. The number of hydrogen-bond acceptors (Lipinski definition) is 5. The lowest BCUT2D eigenvalue weighted by Gasteiger charge is -2.06. The molecular weight excluding hydrogens is 336 g/mol. The van der Waals surface area contributed by atoms with Gasteiger partial charge in [-0.25, -0.2) is 5.48 Å². The van der Waals surface area contributed by atoms with Crippen LogP contribution in [0.25, 0.3) is 11.0 Å². The van der Waals surface area contributed by atoms with Crippen LogP contribution >= 0.6 is 0 Å². The Morgan fingerprint density at radius 3 is 2.62 bits per heavy atom. The number of methoxy groups -OCH3 is 1. The number of carbonyl (C=O) groups is 2. The van der Waals surface area contributed by atoms with Crippen LogP contribution in [-0.4, -0.2) is 32.1 Å². The summed E-state index contributed by atoms with van der Waals surface area (Å²) in [6.07, 6.45) is 0. The summed E-state index contributed by atoms with van der Waals surface area (Å²) < 4.78 is 10.8. The van der Waals surface area contributed by atoms with Gasteiger partial charge >= 0.3 is 0 Å². The number of fused-ring (bicyclic) bond motifs is 1. The average molecular weight is 354 g/mol. The highest BCUT2D eigenvalue weighted by Gasteiger charge is 2.14. The second-order valence-electron chi connectivity index (χ2n) is 5.38. The summed E-state index contributed by atoms with van der Waals surface area (Å²) in [5, 5.41) is 3.39. The summed E-state index contributed by atoms with van der Waals surface area (Å²) in [5.41, 5.74) is 3.38. The second-order valence-corrected chi connectivity index (χ2v) is 5.38. The summed E-state index contributed by atoms with van der Waals surface area (Å²) in [7, 11) is 1.56. The molecule has 2 amide bonds. The van der Waals surface area contributed by atoms with E-state index in [1.807, 2.05) is 6.07 Å². The van der Waals surface area contributed by atoms with Gasteiger partial charge in [0.05, 0.1) is 19.1 Å². The van der Waals surface area contributed by atoms with Crippen LogP contribution in [0.2, 0.25) is 0 Å². The zero-order valence-corrected chi connectivity index (χ0v) is 14.2. The Balaban J connectivity index is 1.46. The van der Waals surface area contributed by atoms with Gasteiger partial charge in [-0.2, -0.15) is 0 Å². The molecule has 0 saturated carbocycles. The van der Waals surface area contributed by atoms with E-state index in [0.29, 0.717) is 16.9 Å². The Labute approximate surface area is 149 Å². The fourth-order valence-electron chi connectivity index (χ4n) is 2.39. The van der Waals surface area contributed by atoms with Gasteiger partial charge in [-0.05, 0) is 24.3 Å². The Kier molecular flexibility index (Phi) is 5.50. The highest BCUT2D eigenvalue weighted by Crippen LogP contribution is 2.28. The number of carbonyl (C=O) groups excluding carboxylic acids is 2. The number of rotatable bonds is 7. The first-order chi connectivity index (χ1) is 12.7. The molecule has 7 heteroatoms. The van der Waals surface area contributed by atoms with Gasteiger partial charge in [0.1, 0.15) is 11.3 Å². The molecule has 7 nitrogen and oxygen atoms in total. The van der Waals surface area contributed by atoms with Crippen molar-refractivity contribution in [2.45, 2.75) is 0 Å². The standard InChI is InChI=1S/C19H18N2O5/c1-24-15-8-5-9-16-14(15)12-17(26-16)19(23)20-10-11-25-21-18(22)13-6-3-2-4-7-13/h2-9,12H,10-11H2,1H3,(H,20,23)(H,21,22). The van der Waals surface area contributed by atoms with E-state index >= 15 is 0 Å². The highest BCUT2D eigenvalue weighted by molar-refractivity contribution is 5.97. The van der Waals surface area contributed by atoms with Gasteiger partial charge in [-0.1, -0.05) is 24.3 Å². The average Bonchev–Trinajstić information content (AvgIpc) is 3.12. The zero-order valence-electron chi connectivity index (χ0n) is 14.2. The van der Waals surface area contributed by atoms with Gasteiger partial charge in [0.2, 0.25) is 0 Å². The molecule has 3 rings (SSSR count). The van der Waals surface area contributed by atoms with Crippen LogP contribution in [0.1, 0.15) is 20.9 Å². The third-order valence-corrected chi connectivity index (χ3v) is 3.66. The van der Waals surface area contributed by atoms with Crippen LogP contribution in [0.3, 0.4) is 0 Å².